The zero-order valence-corrected chi connectivity index (χ0v) is 9.75. The third kappa shape index (κ3) is 3.80. The lowest BCUT2D eigenvalue weighted by atomic mass is 10.2. The van der Waals surface area contributed by atoms with Gasteiger partial charge in [0.15, 0.2) is 11.5 Å². The standard InChI is InChI=1S/C12H19NO2/c1-10-5-6-11(12(9-10)14-3)15-8-4-7-13-2/h5-6,9,13H,4,7-8H2,1-3H3/p+1. The average molecular weight is 210 g/mol. The number of hydrogen-bond acceptors (Lipinski definition) is 2. The number of quaternary nitrogens is 1. The molecule has 0 heterocycles. The van der Waals surface area contributed by atoms with Crippen molar-refractivity contribution in [3.63, 3.8) is 0 Å². The van der Waals surface area contributed by atoms with E-state index in [2.05, 4.69) is 12.4 Å². The molecule has 3 heteroatoms. The van der Waals surface area contributed by atoms with E-state index in [1.165, 1.54) is 5.56 Å². The molecule has 2 N–H and O–H groups in total. The van der Waals surface area contributed by atoms with Gasteiger partial charge in [-0.3, -0.25) is 0 Å². The minimum atomic E-state index is 0.740. The normalized spacial score (nSPS) is 10.1. The van der Waals surface area contributed by atoms with E-state index in [0.29, 0.717) is 0 Å². The molecule has 0 saturated heterocycles. The van der Waals surface area contributed by atoms with Gasteiger partial charge in [-0.25, -0.2) is 0 Å². The van der Waals surface area contributed by atoms with Crippen molar-refractivity contribution in [1.29, 1.82) is 0 Å². The molecule has 3 nitrogen and oxygen atoms in total. The molecule has 0 radical (unpaired) electrons. The highest BCUT2D eigenvalue weighted by molar-refractivity contribution is 5.42. The largest absolute Gasteiger partial charge is 0.493 e. The average Bonchev–Trinajstić information content (AvgIpc) is 2.26. The van der Waals surface area contributed by atoms with Crippen LogP contribution in [0.5, 0.6) is 11.5 Å². The minimum absolute atomic E-state index is 0.740. The Kier molecular flexibility index (Phi) is 4.98. The van der Waals surface area contributed by atoms with E-state index in [4.69, 9.17) is 9.47 Å². The van der Waals surface area contributed by atoms with Crippen molar-refractivity contribution in [3.05, 3.63) is 23.8 Å². The van der Waals surface area contributed by atoms with Gasteiger partial charge in [0, 0.05) is 6.42 Å². The number of ether oxygens (including phenoxy) is 2. The van der Waals surface area contributed by atoms with Crippen LogP contribution >= 0.6 is 0 Å². The topological polar surface area (TPSA) is 35.1 Å². The number of aryl methyl sites for hydroxylation is 1. The molecular weight excluding hydrogens is 190 g/mol. The maximum absolute atomic E-state index is 5.64. The fourth-order valence-corrected chi connectivity index (χ4v) is 1.36. The Balaban J connectivity index is 2.52. The summed E-state index contributed by atoms with van der Waals surface area (Å²) in [4.78, 5) is 0. The second-order valence-corrected chi connectivity index (χ2v) is 3.55. The van der Waals surface area contributed by atoms with Crippen LogP contribution in [0.25, 0.3) is 0 Å². The first-order chi connectivity index (χ1) is 7.27. The SMILES string of the molecule is C[NH2+]CCCOc1ccc(C)cc1OC. The maximum Gasteiger partial charge on any atom is 0.161 e. The van der Waals surface area contributed by atoms with Crippen molar-refractivity contribution in [2.75, 3.05) is 27.3 Å². The van der Waals surface area contributed by atoms with E-state index < -0.39 is 0 Å². The van der Waals surface area contributed by atoms with Gasteiger partial charge in [-0.2, -0.15) is 0 Å². The third-order valence-corrected chi connectivity index (χ3v) is 2.21. The summed E-state index contributed by atoms with van der Waals surface area (Å²) in [5, 5.41) is 2.15. The van der Waals surface area contributed by atoms with Gasteiger partial charge in [-0.15, -0.1) is 0 Å². The molecule has 0 spiro atoms. The lowest BCUT2D eigenvalue weighted by Crippen LogP contribution is -2.79. The summed E-state index contributed by atoms with van der Waals surface area (Å²) < 4.78 is 10.9. The molecule has 0 aromatic heterocycles. The van der Waals surface area contributed by atoms with Gasteiger partial charge in [0.2, 0.25) is 0 Å². The van der Waals surface area contributed by atoms with Crippen molar-refractivity contribution in [1.82, 2.24) is 0 Å². The van der Waals surface area contributed by atoms with Gasteiger partial charge >= 0.3 is 0 Å². The van der Waals surface area contributed by atoms with Crippen molar-refractivity contribution in [3.8, 4) is 11.5 Å². The molecule has 0 bridgehead atoms. The molecule has 1 rings (SSSR count). The van der Waals surface area contributed by atoms with E-state index in [1.807, 2.05) is 25.1 Å². The highest BCUT2D eigenvalue weighted by Gasteiger charge is 2.03. The van der Waals surface area contributed by atoms with Crippen molar-refractivity contribution >= 4 is 0 Å². The summed E-state index contributed by atoms with van der Waals surface area (Å²) in [7, 11) is 3.73. The smallest absolute Gasteiger partial charge is 0.161 e. The minimum Gasteiger partial charge on any atom is -0.493 e. The molecule has 0 atom stereocenters. The van der Waals surface area contributed by atoms with E-state index in [9.17, 15) is 0 Å². The lowest BCUT2D eigenvalue weighted by molar-refractivity contribution is -0.627. The number of rotatable bonds is 6. The molecular formula is C12H20NO2+. The van der Waals surface area contributed by atoms with Crippen LogP contribution in [-0.4, -0.2) is 27.3 Å². The molecule has 0 saturated carbocycles. The first-order valence-electron chi connectivity index (χ1n) is 5.33. The second-order valence-electron chi connectivity index (χ2n) is 3.55. The summed E-state index contributed by atoms with van der Waals surface area (Å²) in [6.07, 6.45) is 1.05. The highest BCUT2D eigenvalue weighted by atomic mass is 16.5. The van der Waals surface area contributed by atoms with Crippen molar-refractivity contribution in [2.45, 2.75) is 13.3 Å². The lowest BCUT2D eigenvalue weighted by Gasteiger charge is -2.10. The fourth-order valence-electron chi connectivity index (χ4n) is 1.36. The molecule has 0 aliphatic carbocycles. The van der Waals surface area contributed by atoms with Crippen LogP contribution in [0, 0.1) is 6.92 Å². The highest BCUT2D eigenvalue weighted by Crippen LogP contribution is 2.27. The summed E-state index contributed by atoms with van der Waals surface area (Å²) >= 11 is 0. The number of methoxy groups -OCH3 is 1. The monoisotopic (exact) mass is 210 g/mol. The summed E-state index contributed by atoms with van der Waals surface area (Å²) in [5.74, 6) is 1.65. The van der Waals surface area contributed by atoms with Crippen LogP contribution in [-0.2, 0) is 0 Å². The molecule has 0 fully saturated rings. The van der Waals surface area contributed by atoms with E-state index in [1.54, 1.807) is 7.11 Å². The van der Waals surface area contributed by atoms with Crippen molar-refractivity contribution < 1.29 is 14.8 Å². The first-order valence-corrected chi connectivity index (χ1v) is 5.33. The third-order valence-electron chi connectivity index (χ3n) is 2.21. The second kappa shape index (κ2) is 6.30. The quantitative estimate of drug-likeness (QED) is 0.710. The summed E-state index contributed by atoms with van der Waals surface area (Å²) in [6.45, 7) is 3.87. The fraction of sp³-hybridized carbons (Fsp3) is 0.500. The Morgan fingerprint density at radius 1 is 1.27 bits per heavy atom. The zero-order valence-electron chi connectivity index (χ0n) is 9.75. The van der Waals surface area contributed by atoms with Gasteiger partial charge in [0.05, 0.1) is 27.3 Å². The van der Waals surface area contributed by atoms with Crippen LogP contribution in [0.15, 0.2) is 18.2 Å². The van der Waals surface area contributed by atoms with Gasteiger partial charge in [0.1, 0.15) is 0 Å². The van der Waals surface area contributed by atoms with Crippen molar-refractivity contribution in [2.24, 2.45) is 0 Å². The Labute approximate surface area is 91.4 Å². The zero-order chi connectivity index (χ0) is 11.1. The maximum atomic E-state index is 5.64. The number of nitrogens with two attached hydrogens (primary N) is 1. The van der Waals surface area contributed by atoms with Crippen LogP contribution in [0.2, 0.25) is 0 Å². The molecule has 0 aliphatic heterocycles. The van der Waals surface area contributed by atoms with E-state index in [-0.39, 0.29) is 0 Å². The van der Waals surface area contributed by atoms with Gasteiger partial charge in [0.25, 0.3) is 0 Å². The van der Waals surface area contributed by atoms with Crippen LogP contribution in [0.4, 0.5) is 0 Å². The molecule has 84 valence electrons. The Morgan fingerprint density at radius 3 is 2.73 bits per heavy atom. The van der Waals surface area contributed by atoms with E-state index >= 15 is 0 Å². The summed E-state index contributed by atoms with van der Waals surface area (Å²) in [5.41, 5.74) is 1.18. The van der Waals surface area contributed by atoms with Gasteiger partial charge < -0.3 is 14.8 Å². The molecule has 1 aromatic rings. The molecule has 0 amide bonds. The molecule has 0 aliphatic rings. The van der Waals surface area contributed by atoms with Crippen LogP contribution in [0.1, 0.15) is 12.0 Å². The first kappa shape index (κ1) is 11.9. The molecule has 1 aromatic carbocycles. The molecule has 15 heavy (non-hydrogen) atoms. The van der Waals surface area contributed by atoms with Gasteiger partial charge in [-0.1, -0.05) is 6.07 Å². The number of benzene rings is 1. The van der Waals surface area contributed by atoms with E-state index in [0.717, 1.165) is 31.1 Å². The van der Waals surface area contributed by atoms with Gasteiger partial charge in [-0.05, 0) is 24.6 Å². The predicted molar refractivity (Wildman–Crippen MR) is 60.6 cm³/mol. The Hall–Kier alpha value is -1.22. The predicted octanol–water partition coefficient (Wildman–Crippen LogP) is 0.966. The van der Waals surface area contributed by atoms with Crippen LogP contribution in [0.3, 0.4) is 0 Å². The molecule has 0 unspecified atom stereocenters. The summed E-state index contributed by atoms with van der Waals surface area (Å²) in [6, 6.07) is 5.98. The number of hydrogen-bond donors (Lipinski definition) is 1. The Bertz CT molecular complexity index is 300. The Morgan fingerprint density at radius 2 is 2.07 bits per heavy atom. The van der Waals surface area contributed by atoms with Crippen LogP contribution < -0.4 is 14.8 Å².